The van der Waals surface area contributed by atoms with E-state index >= 15 is 0 Å². The van der Waals surface area contributed by atoms with E-state index in [4.69, 9.17) is 0 Å². The van der Waals surface area contributed by atoms with Crippen LogP contribution in [0.4, 0.5) is 18.9 Å². The third-order valence-corrected chi connectivity index (χ3v) is 1.36. The first-order valence-corrected chi connectivity index (χ1v) is 3.49. The van der Waals surface area contributed by atoms with Crippen LogP contribution in [-0.2, 0) is 0 Å². The number of alkyl halides is 1. The maximum atomic E-state index is 12.8. The minimum Gasteiger partial charge on any atom is -0.380 e. The first-order chi connectivity index (χ1) is 5.75. The van der Waals surface area contributed by atoms with Gasteiger partial charge in [-0.15, -0.1) is 0 Å². The average molecular weight is 175 g/mol. The van der Waals surface area contributed by atoms with Crippen LogP contribution in [0.2, 0.25) is 0 Å². The Morgan fingerprint density at radius 3 is 2.67 bits per heavy atom. The van der Waals surface area contributed by atoms with Crippen LogP contribution in [-0.4, -0.2) is 13.2 Å². The Labute approximate surface area is 68.2 Å². The maximum absolute atomic E-state index is 12.8. The summed E-state index contributed by atoms with van der Waals surface area (Å²) in [6.07, 6.45) is 0. The predicted molar refractivity (Wildman–Crippen MR) is 40.8 cm³/mol. The van der Waals surface area contributed by atoms with Gasteiger partial charge in [0.15, 0.2) is 11.6 Å². The Kier molecular flexibility index (Phi) is 2.96. The summed E-state index contributed by atoms with van der Waals surface area (Å²) in [5, 5.41) is 2.41. The summed E-state index contributed by atoms with van der Waals surface area (Å²) in [4.78, 5) is 0. The molecule has 0 atom stereocenters. The molecule has 0 unspecified atom stereocenters. The highest BCUT2D eigenvalue weighted by atomic mass is 19.2. The molecular weight excluding hydrogens is 167 g/mol. The first-order valence-electron chi connectivity index (χ1n) is 3.49. The standard InChI is InChI=1S/C8H8F3N/c9-4-5-12-7-3-1-2-6(10)8(7)11/h1-3,12H,4-5H2. The lowest BCUT2D eigenvalue weighted by molar-refractivity contribution is 0.501. The van der Waals surface area contributed by atoms with Crippen LogP contribution in [0.1, 0.15) is 0 Å². The van der Waals surface area contributed by atoms with Crippen molar-refractivity contribution in [3.8, 4) is 0 Å². The molecule has 1 nitrogen and oxygen atoms in total. The number of benzene rings is 1. The molecule has 66 valence electrons. The molecule has 12 heavy (non-hydrogen) atoms. The van der Waals surface area contributed by atoms with Gasteiger partial charge in [-0.1, -0.05) is 6.07 Å². The fourth-order valence-electron chi connectivity index (χ4n) is 0.822. The van der Waals surface area contributed by atoms with Gasteiger partial charge in [-0.3, -0.25) is 0 Å². The van der Waals surface area contributed by atoms with Gasteiger partial charge in [-0.25, -0.2) is 13.2 Å². The number of rotatable bonds is 3. The average Bonchev–Trinajstić information content (AvgIpc) is 2.08. The zero-order chi connectivity index (χ0) is 8.97. The Morgan fingerprint density at radius 2 is 2.00 bits per heavy atom. The Bertz CT molecular complexity index is 262. The van der Waals surface area contributed by atoms with Gasteiger partial charge < -0.3 is 5.32 Å². The quantitative estimate of drug-likeness (QED) is 0.743. The molecule has 0 aliphatic carbocycles. The number of halogens is 3. The molecule has 0 saturated carbocycles. The van der Waals surface area contributed by atoms with Crippen LogP contribution in [0.25, 0.3) is 0 Å². The molecule has 0 aliphatic heterocycles. The fourth-order valence-corrected chi connectivity index (χ4v) is 0.822. The van der Waals surface area contributed by atoms with Gasteiger partial charge >= 0.3 is 0 Å². The summed E-state index contributed by atoms with van der Waals surface area (Å²) in [5.41, 5.74) is -0.00681. The van der Waals surface area contributed by atoms with Gasteiger partial charge in [0.1, 0.15) is 6.67 Å². The number of nitrogens with one attached hydrogen (secondary N) is 1. The number of hydrogen-bond acceptors (Lipinski definition) is 1. The van der Waals surface area contributed by atoms with Crippen molar-refractivity contribution >= 4 is 5.69 Å². The van der Waals surface area contributed by atoms with Gasteiger partial charge in [-0.05, 0) is 12.1 Å². The topological polar surface area (TPSA) is 12.0 Å². The van der Waals surface area contributed by atoms with Gasteiger partial charge in [0.2, 0.25) is 0 Å². The van der Waals surface area contributed by atoms with Crippen molar-refractivity contribution in [1.29, 1.82) is 0 Å². The second kappa shape index (κ2) is 3.99. The predicted octanol–water partition coefficient (Wildman–Crippen LogP) is 2.35. The Hall–Kier alpha value is -1.19. The Balaban J connectivity index is 2.78. The van der Waals surface area contributed by atoms with Crippen molar-refractivity contribution in [2.75, 3.05) is 18.5 Å². The number of anilines is 1. The summed E-state index contributed by atoms with van der Waals surface area (Å²) in [7, 11) is 0. The van der Waals surface area contributed by atoms with Crippen molar-refractivity contribution in [2.45, 2.75) is 0 Å². The third kappa shape index (κ3) is 1.90. The van der Waals surface area contributed by atoms with Crippen molar-refractivity contribution in [1.82, 2.24) is 0 Å². The molecule has 1 N–H and O–H groups in total. The molecule has 0 heterocycles. The molecule has 0 spiro atoms. The highest BCUT2D eigenvalue weighted by Crippen LogP contribution is 2.15. The van der Waals surface area contributed by atoms with E-state index in [1.54, 1.807) is 0 Å². The fraction of sp³-hybridized carbons (Fsp3) is 0.250. The van der Waals surface area contributed by atoms with E-state index in [0.29, 0.717) is 0 Å². The second-order valence-corrected chi connectivity index (χ2v) is 2.22. The highest BCUT2D eigenvalue weighted by Gasteiger charge is 2.05. The molecule has 0 fully saturated rings. The van der Waals surface area contributed by atoms with E-state index in [-0.39, 0.29) is 12.2 Å². The lowest BCUT2D eigenvalue weighted by Gasteiger charge is -2.04. The molecule has 1 aromatic rings. The highest BCUT2D eigenvalue weighted by molar-refractivity contribution is 5.44. The van der Waals surface area contributed by atoms with E-state index in [1.807, 2.05) is 0 Å². The van der Waals surface area contributed by atoms with E-state index < -0.39 is 18.3 Å². The maximum Gasteiger partial charge on any atom is 0.181 e. The van der Waals surface area contributed by atoms with Crippen molar-refractivity contribution < 1.29 is 13.2 Å². The van der Waals surface area contributed by atoms with Crippen LogP contribution < -0.4 is 5.32 Å². The summed E-state index contributed by atoms with van der Waals surface area (Å²) < 4.78 is 36.9. The molecule has 0 saturated heterocycles. The molecule has 0 radical (unpaired) electrons. The zero-order valence-electron chi connectivity index (χ0n) is 6.28. The molecule has 0 aromatic heterocycles. The summed E-state index contributed by atoms with van der Waals surface area (Å²) >= 11 is 0. The largest absolute Gasteiger partial charge is 0.380 e. The summed E-state index contributed by atoms with van der Waals surface area (Å²) in [5.74, 6) is -1.90. The lowest BCUT2D eigenvalue weighted by Crippen LogP contribution is -2.05. The van der Waals surface area contributed by atoms with Crippen molar-refractivity contribution in [2.24, 2.45) is 0 Å². The summed E-state index contributed by atoms with van der Waals surface area (Å²) in [6, 6.07) is 3.73. The van der Waals surface area contributed by atoms with Crippen molar-refractivity contribution in [3.05, 3.63) is 29.8 Å². The molecule has 0 bridgehead atoms. The first kappa shape index (κ1) is 8.90. The van der Waals surface area contributed by atoms with Crippen LogP contribution in [0.3, 0.4) is 0 Å². The van der Waals surface area contributed by atoms with Crippen molar-refractivity contribution in [3.63, 3.8) is 0 Å². The molecule has 4 heteroatoms. The minimum absolute atomic E-state index is 0.00681. The molecular formula is C8H8F3N. The monoisotopic (exact) mass is 175 g/mol. The Morgan fingerprint density at radius 1 is 1.25 bits per heavy atom. The van der Waals surface area contributed by atoms with E-state index in [2.05, 4.69) is 5.32 Å². The molecule has 1 rings (SSSR count). The van der Waals surface area contributed by atoms with E-state index in [0.717, 1.165) is 6.07 Å². The van der Waals surface area contributed by atoms with Gasteiger partial charge in [-0.2, -0.15) is 0 Å². The van der Waals surface area contributed by atoms with E-state index in [9.17, 15) is 13.2 Å². The second-order valence-electron chi connectivity index (χ2n) is 2.22. The van der Waals surface area contributed by atoms with Gasteiger partial charge in [0, 0.05) is 6.54 Å². The third-order valence-electron chi connectivity index (χ3n) is 1.36. The van der Waals surface area contributed by atoms with Crippen LogP contribution in [0.5, 0.6) is 0 Å². The molecule has 1 aromatic carbocycles. The zero-order valence-corrected chi connectivity index (χ0v) is 6.28. The summed E-state index contributed by atoms with van der Waals surface area (Å²) in [6.45, 7) is -0.629. The smallest absolute Gasteiger partial charge is 0.181 e. The SMILES string of the molecule is FCCNc1cccc(F)c1F. The van der Waals surface area contributed by atoms with E-state index in [1.165, 1.54) is 12.1 Å². The van der Waals surface area contributed by atoms with Crippen LogP contribution in [0.15, 0.2) is 18.2 Å². The van der Waals surface area contributed by atoms with Crippen LogP contribution >= 0.6 is 0 Å². The van der Waals surface area contributed by atoms with Crippen LogP contribution in [0, 0.1) is 11.6 Å². The molecule has 0 aliphatic rings. The number of hydrogen-bond donors (Lipinski definition) is 1. The van der Waals surface area contributed by atoms with Gasteiger partial charge in [0.25, 0.3) is 0 Å². The normalized spacial score (nSPS) is 9.92. The van der Waals surface area contributed by atoms with Gasteiger partial charge in [0.05, 0.1) is 5.69 Å². The minimum atomic E-state index is -0.967. The molecule has 0 amide bonds. The lowest BCUT2D eigenvalue weighted by atomic mass is 10.3.